The first-order chi connectivity index (χ1) is 9.72. The average Bonchev–Trinajstić information content (AvgIpc) is 2.98. The van der Waals surface area contributed by atoms with Crippen molar-refractivity contribution in [2.24, 2.45) is 17.8 Å². The first-order valence-corrected chi connectivity index (χ1v) is 8.64. The van der Waals surface area contributed by atoms with Gasteiger partial charge in [0.25, 0.3) is 0 Å². The Balaban J connectivity index is 1.74. The molecule has 1 unspecified atom stereocenters. The highest BCUT2D eigenvalue weighted by Crippen LogP contribution is 2.31. The van der Waals surface area contributed by atoms with Crippen molar-refractivity contribution in [3.8, 4) is 0 Å². The Labute approximate surface area is 123 Å². The molecule has 0 bridgehead atoms. The van der Waals surface area contributed by atoms with Crippen molar-refractivity contribution in [2.75, 3.05) is 6.61 Å². The maximum atomic E-state index is 12.4. The van der Waals surface area contributed by atoms with Gasteiger partial charge in [-0.05, 0) is 50.4 Å². The smallest absolute Gasteiger partial charge is 0.223 e. The molecule has 116 valence electrons. The summed E-state index contributed by atoms with van der Waals surface area (Å²) < 4.78 is 0. The standard InChI is InChI=1S/C17H31NO2/c1-2-15(11-13-5-3-4-6-13)17(20)18-16-9-7-14(12-19)8-10-16/h13-16,19H,2-12H2,1H3,(H,18,20). The van der Waals surface area contributed by atoms with E-state index in [4.69, 9.17) is 5.11 Å². The number of amides is 1. The van der Waals surface area contributed by atoms with Gasteiger partial charge in [0.05, 0.1) is 0 Å². The number of rotatable bonds is 6. The predicted molar refractivity (Wildman–Crippen MR) is 81.3 cm³/mol. The molecule has 0 heterocycles. The summed E-state index contributed by atoms with van der Waals surface area (Å²) in [5, 5.41) is 12.4. The van der Waals surface area contributed by atoms with Gasteiger partial charge >= 0.3 is 0 Å². The second kappa shape index (κ2) is 8.02. The number of carbonyl (C=O) groups excluding carboxylic acids is 1. The number of aliphatic hydroxyl groups is 1. The van der Waals surface area contributed by atoms with Gasteiger partial charge in [0.15, 0.2) is 0 Å². The lowest BCUT2D eigenvalue weighted by Crippen LogP contribution is -2.41. The van der Waals surface area contributed by atoms with E-state index in [2.05, 4.69) is 12.2 Å². The molecule has 0 aliphatic heterocycles. The van der Waals surface area contributed by atoms with Crippen molar-refractivity contribution in [3.05, 3.63) is 0 Å². The van der Waals surface area contributed by atoms with Crippen molar-refractivity contribution in [1.29, 1.82) is 0 Å². The van der Waals surface area contributed by atoms with Crippen molar-refractivity contribution >= 4 is 5.91 Å². The first kappa shape index (κ1) is 15.8. The summed E-state index contributed by atoms with van der Waals surface area (Å²) >= 11 is 0. The third-order valence-electron chi connectivity index (χ3n) is 5.41. The van der Waals surface area contributed by atoms with Gasteiger partial charge in [0, 0.05) is 18.6 Å². The number of aliphatic hydroxyl groups excluding tert-OH is 1. The van der Waals surface area contributed by atoms with Gasteiger partial charge in [-0.15, -0.1) is 0 Å². The summed E-state index contributed by atoms with van der Waals surface area (Å²) in [6, 6.07) is 0.350. The van der Waals surface area contributed by atoms with Crippen LogP contribution >= 0.6 is 0 Å². The lowest BCUT2D eigenvalue weighted by atomic mass is 9.85. The molecule has 2 rings (SSSR count). The molecule has 2 aliphatic carbocycles. The van der Waals surface area contributed by atoms with E-state index < -0.39 is 0 Å². The zero-order valence-corrected chi connectivity index (χ0v) is 12.9. The van der Waals surface area contributed by atoms with Gasteiger partial charge < -0.3 is 10.4 Å². The molecular formula is C17H31NO2. The predicted octanol–water partition coefficient (Wildman–Crippen LogP) is 3.26. The Morgan fingerprint density at radius 2 is 1.75 bits per heavy atom. The average molecular weight is 281 g/mol. The lowest BCUT2D eigenvalue weighted by molar-refractivity contribution is -0.126. The lowest BCUT2D eigenvalue weighted by Gasteiger charge is -2.29. The minimum Gasteiger partial charge on any atom is -0.396 e. The number of nitrogens with one attached hydrogen (secondary N) is 1. The maximum Gasteiger partial charge on any atom is 0.223 e. The van der Waals surface area contributed by atoms with Crippen LogP contribution in [0.15, 0.2) is 0 Å². The quantitative estimate of drug-likeness (QED) is 0.785. The van der Waals surface area contributed by atoms with Crippen LogP contribution in [0.2, 0.25) is 0 Å². The number of carbonyl (C=O) groups is 1. The van der Waals surface area contributed by atoms with Crippen LogP contribution in [0.3, 0.4) is 0 Å². The Kier molecular flexibility index (Phi) is 6.34. The molecule has 0 radical (unpaired) electrons. The van der Waals surface area contributed by atoms with E-state index in [1.54, 1.807) is 0 Å². The van der Waals surface area contributed by atoms with Gasteiger partial charge in [-0.3, -0.25) is 4.79 Å². The summed E-state index contributed by atoms with van der Waals surface area (Å²) in [5.41, 5.74) is 0. The fraction of sp³-hybridized carbons (Fsp3) is 0.941. The first-order valence-electron chi connectivity index (χ1n) is 8.64. The highest BCUT2D eigenvalue weighted by atomic mass is 16.3. The number of hydrogen-bond acceptors (Lipinski definition) is 2. The van der Waals surface area contributed by atoms with Gasteiger partial charge in [-0.2, -0.15) is 0 Å². The van der Waals surface area contributed by atoms with Crippen LogP contribution in [0.4, 0.5) is 0 Å². The fourth-order valence-corrected chi connectivity index (χ4v) is 3.92. The molecule has 2 N–H and O–H groups in total. The molecule has 0 aromatic carbocycles. The molecule has 1 atom stereocenters. The topological polar surface area (TPSA) is 49.3 Å². The molecule has 3 heteroatoms. The van der Waals surface area contributed by atoms with Crippen LogP contribution in [0.1, 0.15) is 71.1 Å². The normalized spacial score (nSPS) is 29.3. The van der Waals surface area contributed by atoms with E-state index >= 15 is 0 Å². The molecule has 3 nitrogen and oxygen atoms in total. The largest absolute Gasteiger partial charge is 0.396 e. The molecular weight excluding hydrogens is 250 g/mol. The maximum absolute atomic E-state index is 12.4. The zero-order valence-electron chi connectivity index (χ0n) is 12.9. The molecule has 0 aromatic rings. The SMILES string of the molecule is CCC(CC1CCCC1)C(=O)NC1CCC(CO)CC1. The van der Waals surface area contributed by atoms with Crippen LogP contribution in [-0.4, -0.2) is 23.7 Å². The highest BCUT2D eigenvalue weighted by Gasteiger charge is 2.27. The second-order valence-corrected chi connectivity index (χ2v) is 6.90. The minimum absolute atomic E-state index is 0.216. The van der Waals surface area contributed by atoms with E-state index in [1.807, 2.05) is 0 Å². The molecule has 0 saturated heterocycles. The zero-order chi connectivity index (χ0) is 14.4. The van der Waals surface area contributed by atoms with E-state index in [1.165, 1.54) is 25.7 Å². The third-order valence-corrected chi connectivity index (χ3v) is 5.41. The molecule has 2 fully saturated rings. The Morgan fingerprint density at radius 3 is 2.30 bits per heavy atom. The Morgan fingerprint density at radius 1 is 1.10 bits per heavy atom. The van der Waals surface area contributed by atoms with Gasteiger partial charge in [-0.25, -0.2) is 0 Å². The molecule has 20 heavy (non-hydrogen) atoms. The summed E-state index contributed by atoms with van der Waals surface area (Å²) in [5.74, 6) is 1.75. The van der Waals surface area contributed by atoms with E-state index in [0.717, 1.165) is 44.4 Å². The van der Waals surface area contributed by atoms with Crippen molar-refractivity contribution in [1.82, 2.24) is 5.32 Å². The molecule has 1 amide bonds. The van der Waals surface area contributed by atoms with Crippen molar-refractivity contribution in [2.45, 2.75) is 77.2 Å². The highest BCUT2D eigenvalue weighted by molar-refractivity contribution is 5.78. The van der Waals surface area contributed by atoms with Crippen LogP contribution in [0, 0.1) is 17.8 Å². The van der Waals surface area contributed by atoms with Crippen LogP contribution in [0.25, 0.3) is 0 Å². The van der Waals surface area contributed by atoms with Gasteiger partial charge in [0.2, 0.25) is 5.91 Å². The summed E-state index contributed by atoms with van der Waals surface area (Å²) in [6.45, 7) is 2.45. The summed E-state index contributed by atoms with van der Waals surface area (Å²) in [4.78, 5) is 12.4. The second-order valence-electron chi connectivity index (χ2n) is 6.90. The monoisotopic (exact) mass is 281 g/mol. The van der Waals surface area contributed by atoms with Crippen molar-refractivity contribution < 1.29 is 9.90 Å². The van der Waals surface area contributed by atoms with E-state index in [9.17, 15) is 4.79 Å². The Hall–Kier alpha value is -0.570. The molecule has 2 aliphatic rings. The molecule has 0 spiro atoms. The summed E-state index contributed by atoms with van der Waals surface area (Å²) in [6.07, 6.45) is 11.6. The van der Waals surface area contributed by atoms with Gasteiger partial charge in [-0.1, -0.05) is 32.6 Å². The van der Waals surface area contributed by atoms with E-state index in [0.29, 0.717) is 18.6 Å². The van der Waals surface area contributed by atoms with Crippen LogP contribution < -0.4 is 5.32 Å². The summed E-state index contributed by atoms with van der Waals surface area (Å²) in [7, 11) is 0. The van der Waals surface area contributed by atoms with Crippen molar-refractivity contribution in [3.63, 3.8) is 0 Å². The fourth-order valence-electron chi connectivity index (χ4n) is 3.92. The van der Waals surface area contributed by atoms with Crippen LogP contribution in [0.5, 0.6) is 0 Å². The molecule has 2 saturated carbocycles. The minimum atomic E-state index is 0.216. The number of hydrogen-bond donors (Lipinski definition) is 2. The van der Waals surface area contributed by atoms with E-state index in [-0.39, 0.29) is 11.8 Å². The van der Waals surface area contributed by atoms with Gasteiger partial charge in [0.1, 0.15) is 0 Å². The third kappa shape index (κ3) is 4.47. The Bertz CT molecular complexity index is 291. The van der Waals surface area contributed by atoms with Crippen LogP contribution in [-0.2, 0) is 4.79 Å². The molecule has 0 aromatic heterocycles.